The van der Waals surface area contributed by atoms with Crippen LogP contribution in [-0.4, -0.2) is 8.42 Å². The van der Waals surface area contributed by atoms with Gasteiger partial charge in [0.25, 0.3) is 9.05 Å². The molecular formula is C8H6Cl2O2S. The molecule has 0 saturated heterocycles. The molecule has 0 bridgehead atoms. The summed E-state index contributed by atoms with van der Waals surface area (Å²) >= 11 is 5.63. The lowest BCUT2D eigenvalue weighted by Crippen LogP contribution is -1.79. The minimum atomic E-state index is -3.57. The first-order valence-electron chi connectivity index (χ1n) is 3.36. The van der Waals surface area contributed by atoms with Crippen LogP contribution in [0.2, 0.25) is 5.02 Å². The third-order valence-corrected chi connectivity index (χ3v) is 2.31. The van der Waals surface area contributed by atoms with Crippen LogP contribution in [-0.2, 0) is 9.05 Å². The molecule has 0 N–H and O–H groups in total. The molecule has 70 valence electrons. The van der Waals surface area contributed by atoms with Crippen molar-refractivity contribution in [3.63, 3.8) is 0 Å². The van der Waals surface area contributed by atoms with Crippen LogP contribution < -0.4 is 0 Å². The Bertz CT molecular complexity index is 406. The smallest absolute Gasteiger partial charge is 0.208 e. The minimum absolute atomic E-state index is 0.603. The van der Waals surface area contributed by atoms with Crippen LogP contribution in [0.3, 0.4) is 0 Å². The topological polar surface area (TPSA) is 34.1 Å². The molecule has 2 nitrogen and oxygen atoms in total. The molecule has 0 aliphatic rings. The van der Waals surface area contributed by atoms with E-state index in [1.54, 1.807) is 24.3 Å². The Hall–Kier alpha value is -0.510. The molecule has 0 heterocycles. The number of rotatable bonds is 2. The number of halogens is 2. The van der Waals surface area contributed by atoms with Gasteiger partial charge in [-0.25, -0.2) is 8.42 Å². The van der Waals surface area contributed by atoms with E-state index in [-0.39, 0.29) is 0 Å². The monoisotopic (exact) mass is 236 g/mol. The van der Waals surface area contributed by atoms with Crippen LogP contribution in [0.25, 0.3) is 6.08 Å². The van der Waals surface area contributed by atoms with Gasteiger partial charge in [-0.2, -0.15) is 0 Å². The van der Waals surface area contributed by atoms with Crippen molar-refractivity contribution in [3.8, 4) is 0 Å². The largest absolute Gasteiger partial charge is 0.254 e. The SMILES string of the molecule is O=S(=O)(Cl)C=Cc1ccc(Cl)cc1. The fraction of sp³-hybridized carbons (Fsp3) is 0. The van der Waals surface area contributed by atoms with E-state index in [2.05, 4.69) is 0 Å². The summed E-state index contributed by atoms with van der Waals surface area (Å²) in [5.41, 5.74) is 0.730. The molecule has 1 aromatic rings. The summed E-state index contributed by atoms with van der Waals surface area (Å²) in [7, 11) is 1.40. The van der Waals surface area contributed by atoms with E-state index in [4.69, 9.17) is 22.3 Å². The molecule has 0 aliphatic heterocycles. The molecule has 0 aliphatic carbocycles. The van der Waals surface area contributed by atoms with E-state index < -0.39 is 9.05 Å². The first-order valence-corrected chi connectivity index (χ1v) is 6.11. The molecule has 1 rings (SSSR count). The molecule has 0 spiro atoms. The molecule has 0 saturated carbocycles. The highest BCUT2D eigenvalue weighted by atomic mass is 35.7. The van der Waals surface area contributed by atoms with Gasteiger partial charge in [-0.3, -0.25) is 0 Å². The fourth-order valence-corrected chi connectivity index (χ4v) is 1.33. The molecule has 13 heavy (non-hydrogen) atoms. The normalized spacial score (nSPS) is 12.2. The summed E-state index contributed by atoms with van der Waals surface area (Å²) < 4.78 is 21.0. The Morgan fingerprint density at radius 3 is 2.15 bits per heavy atom. The third-order valence-electron chi connectivity index (χ3n) is 1.29. The minimum Gasteiger partial charge on any atom is -0.208 e. The quantitative estimate of drug-likeness (QED) is 0.741. The maximum absolute atomic E-state index is 10.5. The Morgan fingerprint density at radius 2 is 1.69 bits per heavy atom. The Morgan fingerprint density at radius 1 is 1.15 bits per heavy atom. The van der Waals surface area contributed by atoms with Crippen LogP contribution in [0.4, 0.5) is 0 Å². The van der Waals surface area contributed by atoms with Gasteiger partial charge in [-0.15, -0.1) is 0 Å². The average molecular weight is 237 g/mol. The first-order chi connectivity index (χ1) is 5.97. The number of hydrogen-bond donors (Lipinski definition) is 0. The van der Waals surface area contributed by atoms with E-state index >= 15 is 0 Å². The van der Waals surface area contributed by atoms with Crippen molar-refractivity contribution >= 4 is 37.4 Å². The zero-order chi connectivity index (χ0) is 9.90. The van der Waals surface area contributed by atoms with Gasteiger partial charge in [-0.1, -0.05) is 23.7 Å². The highest BCUT2D eigenvalue weighted by molar-refractivity contribution is 8.16. The van der Waals surface area contributed by atoms with Gasteiger partial charge in [0.1, 0.15) is 0 Å². The highest BCUT2D eigenvalue weighted by Gasteiger charge is 1.96. The molecule has 1 aromatic carbocycles. The van der Waals surface area contributed by atoms with E-state index in [1.807, 2.05) is 0 Å². The van der Waals surface area contributed by atoms with Crippen LogP contribution in [0, 0.1) is 0 Å². The predicted molar refractivity (Wildman–Crippen MR) is 55.3 cm³/mol. The average Bonchev–Trinajstić information content (AvgIpc) is 2.02. The summed E-state index contributed by atoms with van der Waals surface area (Å²) in [6, 6.07) is 6.73. The van der Waals surface area contributed by atoms with Crippen LogP contribution in [0.1, 0.15) is 5.56 Å². The lowest BCUT2D eigenvalue weighted by atomic mass is 10.2. The first kappa shape index (κ1) is 10.6. The van der Waals surface area contributed by atoms with Crippen molar-refractivity contribution in [1.29, 1.82) is 0 Å². The fourth-order valence-electron chi connectivity index (χ4n) is 0.734. The van der Waals surface area contributed by atoms with Crippen molar-refractivity contribution in [3.05, 3.63) is 40.3 Å². The second-order valence-corrected chi connectivity index (χ2v) is 5.28. The van der Waals surface area contributed by atoms with Gasteiger partial charge >= 0.3 is 0 Å². The van der Waals surface area contributed by atoms with Crippen molar-refractivity contribution in [1.82, 2.24) is 0 Å². The van der Waals surface area contributed by atoms with E-state index in [9.17, 15) is 8.42 Å². The molecule has 0 radical (unpaired) electrons. The Labute approximate surface area is 86.2 Å². The van der Waals surface area contributed by atoms with Crippen molar-refractivity contribution in [2.24, 2.45) is 0 Å². The molecule has 5 heteroatoms. The third kappa shape index (κ3) is 4.31. The Kier molecular flexibility index (Phi) is 3.36. The summed E-state index contributed by atoms with van der Waals surface area (Å²) in [4.78, 5) is 0. The lowest BCUT2D eigenvalue weighted by molar-refractivity contribution is 0.617. The molecule has 0 amide bonds. The maximum atomic E-state index is 10.5. The van der Waals surface area contributed by atoms with Crippen molar-refractivity contribution in [2.75, 3.05) is 0 Å². The predicted octanol–water partition coefficient (Wildman–Crippen LogP) is 2.88. The number of benzene rings is 1. The van der Waals surface area contributed by atoms with Gasteiger partial charge in [0.05, 0.1) is 0 Å². The van der Waals surface area contributed by atoms with Crippen molar-refractivity contribution < 1.29 is 8.42 Å². The maximum Gasteiger partial charge on any atom is 0.254 e. The van der Waals surface area contributed by atoms with Gasteiger partial charge in [-0.05, 0) is 23.8 Å². The standard InChI is InChI=1S/C8H6Cl2O2S/c9-8-3-1-7(2-4-8)5-6-13(10,11)12/h1-6H. The van der Waals surface area contributed by atoms with E-state index in [0.717, 1.165) is 11.0 Å². The van der Waals surface area contributed by atoms with Gasteiger partial charge in [0.2, 0.25) is 0 Å². The Balaban J connectivity index is 2.88. The van der Waals surface area contributed by atoms with Gasteiger partial charge in [0.15, 0.2) is 0 Å². The summed E-state index contributed by atoms with van der Waals surface area (Å²) in [5, 5.41) is 1.53. The lowest BCUT2D eigenvalue weighted by Gasteiger charge is -1.91. The van der Waals surface area contributed by atoms with Crippen LogP contribution in [0.15, 0.2) is 29.7 Å². The second kappa shape index (κ2) is 4.13. The zero-order valence-corrected chi connectivity index (χ0v) is 8.77. The van der Waals surface area contributed by atoms with Crippen LogP contribution in [0.5, 0.6) is 0 Å². The summed E-state index contributed by atoms with van der Waals surface area (Å²) in [5.74, 6) is 0. The van der Waals surface area contributed by atoms with Gasteiger partial charge < -0.3 is 0 Å². The van der Waals surface area contributed by atoms with E-state index in [1.165, 1.54) is 6.08 Å². The number of hydrogen-bond acceptors (Lipinski definition) is 2. The second-order valence-electron chi connectivity index (χ2n) is 2.33. The summed E-state index contributed by atoms with van der Waals surface area (Å²) in [6.07, 6.45) is 1.40. The van der Waals surface area contributed by atoms with E-state index in [0.29, 0.717) is 5.02 Å². The zero-order valence-electron chi connectivity index (χ0n) is 6.44. The highest BCUT2D eigenvalue weighted by Crippen LogP contribution is 2.11. The molecule has 0 atom stereocenters. The molecule has 0 unspecified atom stereocenters. The molecule has 0 aromatic heterocycles. The molecular weight excluding hydrogens is 231 g/mol. The van der Waals surface area contributed by atoms with Crippen LogP contribution >= 0.6 is 22.3 Å². The van der Waals surface area contributed by atoms with Gasteiger partial charge in [0, 0.05) is 21.1 Å². The van der Waals surface area contributed by atoms with Crippen molar-refractivity contribution in [2.45, 2.75) is 0 Å². The summed E-state index contributed by atoms with van der Waals surface area (Å²) in [6.45, 7) is 0. The molecule has 0 fully saturated rings.